The number of thioether (sulfide) groups is 1. The lowest BCUT2D eigenvalue weighted by atomic mass is 9.87. The quantitative estimate of drug-likeness (QED) is 0.609. The van der Waals surface area contributed by atoms with Gasteiger partial charge in [-0.05, 0) is 28.7 Å². The van der Waals surface area contributed by atoms with E-state index in [1.807, 2.05) is 18.2 Å². The van der Waals surface area contributed by atoms with Crippen LogP contribution < -0.4 is 0 Å². The van der Waals surface area contributed by atoms with Crippen LogP contribution in [-0.2, 0) is 15.4 Å². The van der Waals surface area contributed by atoms with E-state index in [1.54, 1.807) is 34.4 Å². The highest BCUT2D eigenvalue weighted by atomic mass is 32.2. The van der Waals surface area contributed by atoms with E-state index >= 15 is 0 Å². The van der Waals surface area contributed by atoms with Gasteiger partial charge in [0.05, 0.1) is 10.9 Å². The highest BCUT2D eigenvalue weighted by molar-refractivity contribution is 8.01. The molecule has 1 saturated heterocycles. The molecule has 0 saturated carbocycles. The van der Waals surface area contributed by atoms with Crippen molar-refractivity contribution in [2.75, 3.05) is 12.3 Å². The van der Waals surface area contributed by atoms with E-state index in [4.69, 9.17) is 0 Å². The molecule has 3 aromatic rings. The Morgan fingerprint density at radius 2 is 1.75 bits per heavy atom. The van der Waals surface area contributed by atoms with Crippen LogP contribution in [-0.4, -0.2) is 30.0 Å². The number of sulfonamides is 1. The third kappa shape index (κ3) is 3.45. The number of benzene rings is 2. The summed E-state index contributed by atoms with van der Waals surface area (Å²) in [5.74, 6) is 0.781. The smallest absolute Gasteiger partial charge is 0.246 e. The molecule has 28 heavy (non-hydrogen) atoms. The van der Waals surface area contributed by atoms with E-state index in [1.165, 1.54) is 5.56 Å². The molecule has 0 N–H and O–H groups in total. The minimum absolute atomic E-state index is 0.0712. The Balaban J connectivity index is 1.73. The van der Waals surface area contributed by atoms with E-state index in [9.17, 15) is 8.42 Å². The van der Waals surface area contributed by atoms with Gasteiger partial charge in [-0.2, -0.15) is 4.31 Å². The topological polar surface area (TPSA) is 50.3 Å². The van der Waals surface area contributed by atoms with Gasteiger partial charge in [-0.1, -0.05) is 63.2 Å². The minimum atomic E-state index is -3.65. The first-order valence-electron chi connectivity index (χ1n) is 9.36. The maximum absolute atomic E-state index is 13.5. The fourth-order valence-corrected chi connectivity index (χ4v) is 6.93. The van der Waals surface area contributed by atoms with Gasteiger partial charge in [0.2, 0.25) is 10.0 Å². The predicted molar refractivity (Wildman–Crippen MR) is 116 cm³/mol. The Labute approximate surface area is 171 Å². The van der Waals surface area contributed by atoms with Crippen molar-refractivity contribution in [2.45, 2.75) is 36.5 Å². The van der Waals surface area contributed by atoms with Crippen molar-refractivity contribution in [1.29, 1.82) is 0 Å². The number of hydrogen-bond donors (Lipinski definition) is 0. The van der Waals surface area contributed by atoms with Crippen LogP contribution in [0.4, 0.5) is 0 Å². The van der Waals surface area contributed by atoms with E-state index in [0.29, 0.717) is 12.1 Å². The Bertz CT molecular complexity index is 1100. The number of nitrogens with zero attached hydrogens (tertiary/aromatic N) is 2. The molecule has 1 fully saturated rings. The second-order valence-electron chi connectivity index (χ2n) is 8.04. The molecule has 2 heterocycles. The van der Waals surface area contributed by atoms with Gasteiger partial charge < -0.3 is 0 Å². The first-order chi connectivity index (χ1) is 13.3. The second-order valence-corrected chi connectivity index (χ2v) is 11.1. The Morgan fingerprint density at radius 3 is 2.46 bits per heavy atom. The molecule has 0 spiro atoms. The molecule has 1 aliphatic heterocycles. The van der Waals surface area contributed by atoms with Crippen LogP contribution in [0.3, 0.4) is 0 Å². The number of fused-ring (bicyclic) bond motifs is 1. The molecule has 1 aromatic heterocycles. The molecule has 4 nitrogen and oxygen atoms in total. The SMILES string of the molecule is CC(C)(C)c1ccc(C2SCCN2S(=O)(=O)c2cccc3cccnc23)cc1. The van der Waals surface area contributed by atoms with Gasteiger partial charge in [0.1, 0.15) is 4.90 Å². The van der Waals surface area contributed by atoms with E-state index in [2.05, 4.69) is 50.0 Å². The lowest BCUT2D eigenvalue weighted by Crippen LogP contribution is -2.30. The van der Waals surface area contributed by atoms with Crippen LogP contribution in [0.2, 0.25) is 0 Å². The molecule has 0 radical (unpaired) electrons. The lowest BCUT2D eigenvalue weighted by molar-refractivity contribution is 0.434. The Kier molecular flexibility index (Phi) is 4.98. The van der Waals surface area contributed by atoms with Gasteiger partial charge in [0.15, 0.2) is 0 Å². The van der Waals surface area contributed by atoms with Crippen molar-refractivity contribution >= 4 is 32.7 Å². The standard InChI is InChI=1S/C22H24N2O2S2/c1-22(2,3)18-11-9-17(10-12-18)21-24(14-15-27-21)28(25,26)19-8-4-6-16-7-5-13-23-20(16)19/h4-13,21H,14-15H2,1-3H3. The molecule has 0 amide bonds. The molecule has 0 aliphatic carbocycles. The number of hydrogen-bond acceptors (Lipinski definition) is 4. The van der Waals surface area contributed by atoms with Crippen LogP contribution in [0.15, 0.2) is 65.7 Å². The molecule has 0 bridgehead atoms. The molecular weight excluding hydrogens is 388 g/mol. The third-order valence-corrected chi connectivity index (χ3v) is 8.38. The van der Waals surface area contributed by atoms with E-state index in [0.717, 1.165) is 16.7 Å². The fourth-order valence-electron chi connectivity index (χ4n) is 3.52. The normalized spacial score (nSPS) is 18.6. The predicted octanol–water partition coefficient (Wildman–Crippen LogP) is 4.97. The first kappa shape index (κ1) is 19.4. The zero-order valence-electron chi connectivity index (χ0n) is 16.3. The van der Waals surface area contributed by atoms with Crippen molar-refractivity contribution in [3.8, 4) is 0 Å². The summed E-state index contributed by atoms with van der Waals surface area (Å²) < 4.78 is 28.7. The number of pyridine rings is 1. The van der Waals surface area contributed by atoms with Gasteiger partial charge in [0, 0.05) is 23.9 Å². The summed E-state index contributed by atoms with van der Waals surface area (Å²) in [6.07, 6.45) is 1.64. The largest absolute Gasteiger partial charge is 0.255 e. The molecular formula is C22H24N2O2S2. The molecule has 4 rings (SSSR count). The average Bonchev–Trinajstić information content (AvgIpc) is 3.18. The summed E-state index contributed by atoms with van der Waals surface area (Å²) in [5.41, 5.74) is 2.87. The molecule has 146 valence electrons. The second kappa shape index (κ2) is 7.17. The lowest BCUT2D eigenvalue weighted by Gasteiger charge is -2.25. The molecule has 1 atom stereocenters. The monoisotopic (exact) mass is 412 g/mol. The van der Waals surface area contributed by atoms with Gasteiger partial charge >= 0.3 is 0 Å². The van der Waals surface area contributed by atoms with Crippen molar-refractivity contribution in [2.24, 2.45) is 0 Å². The molecule has 1 aliphatic rings. The summed E-state index contributed by atoms with van der Waals surface area (Å²) in [6, 6.07) is 17.4. The van der Waals surface area contributed by atoms with Crippen LogP contribution in [0.5, 0.6) is 0 Å². The fraction of sp³-hybridized carbons (Fsp3) is 0.318. The van der Waals surface area contributed by atoms with Crippen LogP contribution in [0.1, 0.15) is 37.3 Å². The summed E-state index contributed by atoms with van der Waals surface area (Å²) in [7, 11) is -3.65. The summed E-state index contributed by atoms with van der Waals surface area (Å²) >= 11 is 1.67. The number of para-hydroxylation sites is 1. The number of aromatic nitrogens is 1. The average molecular weight is 413 g/mol. The van der Waals surface area contributed by atoms with Gasteiger partial charge in [-0.25, -0.2) is 8.42 Å². The van der Waals surface area contributed by atoms with Crippen LogP contribution >= 0.6 is 11.8 Å². The highest BCUT2D eigenvalue weighted by Gasteiger charge is 2.37. The molecule has 1 unspecified atom stereocenters. The van der Waals surface area contributed by atoms with E-state index < -0.39 is 10.0 Å². The third-order valence-electron chi connectivity index (χ3n) is 5.09. The van der Waals surface area contributed by atoms with Gasteiger partial charge in [-0.15, -0.1) is 11.8 Å². The maximum atomic E-state index is 13.5. The maximum Gasteiger partial charge on any atom is 0.246 e. The zero-order valence-corrected chi connectivity index (χ0v) is 17.9. The molecule has 2 aromatic carbocycles. The summed E-state index contributed by atoms with van der Waals surface area (Å²) in [6.45, 7) is 7.03. The van der Waals surface area contributed by atoms with Gasteiger partial charge in [-0.3, -0.25) is 4.98 Å². The van der Waals surface area contributed by atoms with Gasteiger partial charge in [0.25, 0.3) is 0 Å². The van der Waals surface area contributed by atoms with Crippen molar-refractivity contribution in [3.05, 3.63) is 71.9 Å². The van der Waals surface area contributed by atoms with Crippen molar-refractivity contribution in [1.82, 2.24) is 9.29 Å². The Morgan fingerprint density at radius 1 is 1.04 bits per heavy atom. The minimum Gasteiger partial charge on any atom is -0.255 e. The number of rotatable bonds is 3. The highest BCUT2D eigenvalue weighted by Crippen LogP contribution is 2.42. The van der Waals surface area contributed by atoms with E-state index in [-0.39, 0.29) is 15.7 Å². The summed E-state index contributed by atoms with van der Waals surface area (Å²) in [5, 5.41) is 0.625. The van der Waals surface area contributed by atoms with Crippen molar-refractivity contribution in [3.63, 3.8) is 0 Å². The first-order valence-corrected chi connectivity index (χ1v) is 11.8. The zero-order chi connectivity index (χ0) is 19.9. The summed E-state index contributed by atoms with van der Waals surface area (Å²) in [4.78, 5) is 4.62. The molecule has 6 heteroatoms. The van der Waals surface area contributed by atoms with Crippen LogP contribution in [0, 0.1) is 0 Å². The van der Waals surface area contributed by atoms with Crippen LogP contribution in [0.25, 0.3) is 10.9 Å². The Hall–Kier alpha value is -1.89. The van der Waals surface area contributed by atoms with Crippen molar-refractivity contribution < 1.29 is 8.42 Å².